The van der Waals surface area contributed by atoms with Gasteiger partial charge in [-0.2, -0.15) is 13.2 Å². The van der Waals surface area contributed by atoms with Crippen molar-refractivity contribution in [2.24, 2.45) is 0 Å². The first-order valence-electron chi connectivity index (χ1n) is 4.33. The largest absolute Gasteiger partial charge is 0.481 e. The second-order valence-corrected chi connectivity index (χ2v) is 3.22. The topological polar surface area (TPSA) is 54.4 Å². The van der Waals surface area contributed by atoms with Crippen LogP contribution < -0.4 is 0 Å². The fraction of sp³-hybridized carbons (Fsp3) is 0.200. The van der Waals surface area contributed by atoms with E-state index in [-0.39, 0.29) is 6.07 Å². The predicted molar refractivity (Wildman–Crippen MR) is 48.0 cm³/mol. The Bertz CT molecular complexity index is 465. The molecule has 0 aliphatic heterocycles. The number of ketones is 1. The van der Waals surface area contributed by atoms with Crippen LogP contribution >= 0.6 is 0 Å². The lowest BCUT2D eigenvalue weighted by atomic mass is 10.0. The number of carboxylic acid groups (broad SMARTS) is 1. The van der Waals surface area contributed by atoms with Crippen molar-refractivity contribution in [1.29, 1.82) is 0 Å². The van der Waals surface area contributed by atoms with Crippen LogP contribution in [0.1, 0.15) is 22.3 Å². The van der Waals surface area contributed by atoms with E-state index in [2.05, 4.69) is 0 Å². The van der Waals surface area contributed by atoms with Crippen LogP contribution in [0.25, 0.3) is 0 Å². The number of rotatable bonds is 3. The van der Waals surface area contributed by atoms with Gasteiger partial charge in [0.15, 0.2) is 5.78 Å². The number of hydrogen-bond donors (Lipinski definition) is 1. The Hall–Kier alpha value is -1.92. The van der Waals surface area contributed by atoms with E-state index >= 15 is 0 Å². The molecule has 0 aliphatic carbocycles. The van der Waals surface area contributed by atoms with Crippen molar-refractivity contribution >= 4 is 11.8 Å². The van der Waals surface area contributed by atoms with E-state index in [1.165, 1.54) is 0 Å². The van der Waals surface area contributed by atoms with Crippen molar-refractivity contribution in [2.45, 2.75) is 12.6 Å². The average molecular weight is 250 g/mol. The Balaban J connectivity index is 3.14. The zero-order valence-corrected chi connectivity index (χ0v) is 8.21. The molecule has 0 aromatic heterocycles. The van der Waals surface area contributed by atoms with Gasteiger partial charge in [-0.05, 0) is 18.2 Å². The molecule has 0 aliphatic rings. The highest BCUT2D eigenvalue weighted by Crippen LogP contribution is 2.30. The third-order valence-electron chi connectivity index (χ3n) is 1.86. The Morgan fingerprint density at radius 3 is 2.24 bits per heavy atom. The van der Waals surface area contributed by atoms with Gasteiger partial charge in [0.25, 0.3) is 0 Å². The Kier molecular flexibility index (Phi) is 3.50. The van der Waals surface area contributed by atoms with Crippen molar-refractivity contribution < 1.29 is 32.3 Å². The Morgan fingerprint density at radius 2 is 1.76 bits per heavy atom. The molecule has 92 valence electrons. The summed E-state index contributed by atoms with van der Waals surface area (Å²) in [6, 6.07) is 1.23. The number of carboxylic acids is 1. The van der Waals surface area contributed by atoms with Crippen LogP contribution in [-0.2, 0) is 11.0 Å². The second-order valence-electron chi connectivity index (χ2n) is 3.22. The first kappa shape index (κ1) is 13.1. The molecule has 1 aromatic carbocycles. The summed E-state index contributed by atoms with van der Waals surface area (Å²) in [5.74, 6) is -3.82. The summed E-state index contributed by atoms with van der Waals surface area (Å²) in [4.78, 5) is 21.4. The van der Waals surface area contributed by atoms with E-state index in [1.807, 2.05) is 0 Å². The van der Waals surface area contributed by atoms with Crippen molar-refractivity contribution in [3.63, 3.8) is 0 Å². The number of carbonyl (C=O) groups excluding carboxylic acids is 1. The number of Topliss-reactive ketones (excluding diaryl/α,β-unsaturated/α-hetero) is 1. The first-order chi connectivity index (χ1) is 7.70. The lowest BCUT2D eigenvalue weighted by Crippen LogP contribution is -2.11. The summed E-state index contributed by atoms with van der Waals surface area (Å²) >= 11 is 0. The summed E-state index contributed by atoms with van der Waals surface area (Å²) in [5.41, 5.74) is -1.94. The Morgan fingerprint density at radius 1 is 1.18 bits per heavy atom. The van der Waals surface area contributed by atoms with Crippen molar-refractivity contribution in [1.82, 2.24) is 0 Å². The maximum atomic E-state index is 12.9. The highest BCUT2D eigenvalue weighted by Gasteiger charge is 2.32. The zero-order chi connectivity index (χ0) is 13.2. The van der Waals surface area contributed by atoms with Crippen LogP contribution in [0.3, 0.4) is 0 Å². The first-order valence-corrected chi connectivity index (χ1v) is 4.33. The number of aliphatic carboxylic acids is 1. The lowest BCUT2D eigenvalue weighted by Gasteiger charge is -2.08. The molecule has 0 saturated carbocycles. The number of benzene rings is 1. The zero-order valence-electron chi connectivity index (χ0n) is 8.21. The average Bonchev–Trinajstić information content (AvgIpc) is 2.14. The predicted octanol–water partition coefficient (Wildman–Crippen LogP) is 2.50. The van der Waals surface area contributed by atoms with Crippen LogP contribution in [0, 0.1) is 5.82 Å². The van der Waals surface area contributed by atoms with Crippen LogP contribution in [0.5, 0.6) is 0 Å². The quantitative estimate of drug-likeness (QED) is 0.509. The van der Waals surface area contributed by atoms with Crippen LogP contribution in [0.15, 0.2) is 18.2 Å². The molecule has 1 rings (SSSR count). The third kappa shape index (κ3) is 3.54. The smallest absolute Gasteiger partial charge is 0.416 e. The molecule has 1 aromatic rings. The van der Waals surface area contributed by atoms with Gasteiger partial charge in [-0.15, -0.1) is 0 Å². The fourth-order valence-electron chi connectivity index (χ4n) is 1.15. The van der Waals surface area contributed by atoms with Gasteiger partial charge in [-0.1, -0.05) is 0 Å². The molecule has 0 amide bonds. The summed E-state index contributed by atoms with van der Waals surface area (Å²) in [6.07, 6.45) is -5.78. The molecule has 0 atom stereocenters. The SMILES string of the molecule is O=C(O)CC(=O)c1cc(F)cc(C(F)(F)F)c1. The molecule has 0 heterocycles. The van der Waals surface area contributed by atoms with Crippen molar-refractivity contribution in [3.05, 3.63) is 35.1 Å². The van der Waals surface area contributed by atoms with Gasteiger partial charge in [-0.25, -0.2) is 4.39 Å². The van der Waals surface area contributed by atoms with Crippen LogP contribution in [-0.4, -0.2) is 16.9 Å². The van der Waals surface area contributed by atoms with Gasteiger partial charge in [0, 0.05) is 5.56 Å². The standard InChI is InChI=1S/C10H6F4O3/c11-7-2-5(8(15)4-9(16)17)1-6(3-7)10(12,13)14/h1-3H,4H2,(H,16,17). The molecule has 7 heteroatoms. The van der Waals surface area contributed by atoms with Crippen molar-refractivity contribution in [3.8, 4) is 0 Å². The molecule has 0 saturated heterocycles. The normalized spacial score (nSPS) is 11.3. The van der Waals surface area contributed by atoms with Gasteiger partial charge >= 0.3 is 12.1 Å². The van der Waals surface area contributed by atoms with Gasteiger partial charge in [0.05, 0.1) is 5.56 Å². The molecule has 17 heavy (non-hydrogen) atoms. The van der Waals surface area contributed by atoms with Crippen LogP contribution in [0.4, 0.5) is 17.6 Å². The molecule has 0 radical (unpaired) electrons. The van der Waals surface area contributed by atoms with E-state index in [9.17, 15) is 27.2 Å². The van der Waals surface area contributed by atoms with Crippen LogP contribution in [0.2, 0.25) is 0 Å². The van der Waals surface area contributed by atoms with Gasteiger partial charge < -0.3 is 5.11 Å². The minimum absolute atomic E-state index is 0.234. The molecule has 3 nitrogen and oxygen atoms in total. The molecular weight excluding hydrogens is 244 g/mol. The molecule has 0 bridgehead atoms. The van der Waals surface area contributed by atoms with Crippen molar-refractivity contribution in [2.75, 3.05) is 0 Å². The van der Waals surface area contributed by atoms with E-state index in [1.54, 1.807) is 0 Å². The lowest BCUT2D eigenvalue weighted by molar-refractivity contribution is -0.138. The van der Waals surface area contributed by atoms with E-state index in [0.29, 0.717) is 12.1 Å². The summed E-state index contributed by atoms with van der Waals surface area (Å²) in [7, 11) is 0. The Labute approximate surface area is 92.7 Å². The maximum Gasteiger partial charge on any atom is 0.416 e. The summed E-state index contributed by atoms with van der Waals surface area (Å²) in [6.45, 7) is 0. The van der Waals surface area contributed by atoms with Gasteiger partial charge in [0.1, 0.15) is 12.2 Å². The number of carbonyl (C=O) groups is 2. The highest BCUT2D eigenvalue weighted by molar-refractivity contribution is 6.05. The highest BCUT2D eigenvalue weighted by atomic mass is 19.4. The fourth-order valence-corrected chi connectivity index (χ4v) is 1.15. The van der Waals surface area contributed by atoms with E-state index in [4.69, 9.17) is 5.11 Å². The number of halogens is 4. The third-order valence-corrected chi connectivity index (χ3v) is 1.86. The molecule has 1 N–H and O–H groups in total. The van der Waals surface area contributed by atoms with E-state index < -0.39 is 41.3 Å². The summed E-state index contributed by atoms with van der Waals surface area (Å²) in [5, 5.41) is 8.31. The number of hydrogen-bond acceptors (Lipinski definition) is 2. The molecule has 0 unspecified atom stereocenters. The molecule has 0 fully saturated rings. The second kappa shape index (κ2) is 4.52. The minimum Gasteiger partial charge on any atom is -0.481 e. The minimum atomic E-state index is -4.79. The van der Waals surface area contributed by atoms with Gasteiger partial charge in [-0.3, -0.25) is 9.59 Å². The molecule has 0 spiro atoms. The summed E-state index contributed by atoms with van der Waals surface area (Å²) < 4.78 is 49.7. The van der Waals surface area contributed by atoms with Gasteiger partial charge in [0.2, 0.25) is 0 Å². The monoisotopic (exact) mass is 250 g/mol. The number of alkyl halides is 3. The maximum absolute atomic E-state index is 12.9. The van der Waals surface area contributed by atoms with E-state index in [0.717, 1.165) is 0 Å². The molecular formula is C10H6F4O3.